The molecular formula is C22H18ClNO7S. The van der Waals surface area contributed by atoms with Crippen molar-refractivity contribution in [2.24, 2.45) is 0 Å². The number of hydrogen-bond acceptors (Lipinski definition) is 7. The predicted molar refractivity (Wildman–Crippen MR) is 118 cm³/mol. The second kappa shape index (κ2) is 9.71. The van der Waals surface area contributed by atoms with Crippen molar-refractivity contribution in [1.82, 2.24) is 0 Å². The van der Waals surface area contributed by atoms with Crippen molar-refractivity contribution in [3.63, 3.8) is 0 Å². The highest BCUT2D eigenvalue weighted by molar-refractivity contribution is 7.87. The van der Waals surface area contributed by atoms with Crippen molar-refractivity contribution in [3.05, 3.63) is 82.9 Å². The molecule has 0 aromatic heterocycles. The number of hydrogen-bond donors (Lipinski definition) is 1. The normalized spacial score (nSPS) is 10.8. The second-order valence-electron chi connectivity index (χ2n) is 6.35. The third kappa shape index (κ3) is 5.19. The SMILES string of the molecule is COC(=O)c1ccc(S(=O)(=O)Oc2ccc(NC(=O)c3ccccc3OC)cc2)c(Cl)c1. The Morgan fingerprint density at radius 3 is 2.25 bits per heavy atom. The Kier molecular flexibility index (Phi) is 7.01. The van der Waals surface area contributed by atoms with Crippen LogP contribution in [0.5, 0.6) is 11.5 Å². The number of anilines is 1. The first-order valence-electron chi connectivity index (χ1n) is 9.12. The van der Waals surface area contributed by atoms with Crippen LogP contribution in [-0.4, -0.2) is 34.5 Å². The molecule has 0 aliphatic rings. The smallest absolute Gasteiger partial charge is 0.340 e. The molecule has 32 heavy (non-hydrogen) atoms. The Labute approximate surface area is 189 Å². The van der Waals surface area contributed by atoms with Gasteiger partial charge in [0.15, 0.2) is 0 Å². The standard InChI is InChI=1S/C22H18ClNO7S/c1-29-19-6-4-3-5-17(19)21(25)24-15-8-10-16(11-9-15)31-32(27,28)20-12-7-14(13-18(20)23)22(26)30-2/h3-13H,1-2H3,(H,24,25). The molecule has 1 amide bonds. The summed E-state index contributed by atoms with van der Waals surface area (Å²) in [5.74, 6) is -0.608. The van der Waals surface area contributed by atoms with Crippen molar-refractivity contribution in [2.75, 3.05) is 19.5 Å². The molecule has 0 bridgehead atoms. The fraction of sp³-hybridized carbons (Fsp3) is 0.0909. The van der Waals surface area contributed by atoms with Crippen molar-refractivity contribution < 1.29 is 31.7 Å². The van der Waals surface area contributed by atoms with Crippen molar-refractivity contribution in [3.8, 4) is 11.5 Å². The lowest BCUT2D eigenvalue weighted by Crippen LogP contribution is -2.13. The highest BCUT2D eigenvalue weighted by Gasteiger charge is 2.22. The van der Waals surface area contributed by atoms with Gasteiger partial charge >= 0.3 is 16.1 Å². The molecule has 10 heteroatoms. The number of amides is 1. The molecule has 0 fully saturated rings. The number of halogens is 1. The average molecular weight is 476 g/mol. The van der Waals surface area contributed by atoms with Crippen LogP contribution in [0.3, 0.4) is 0 Å². The Morgan fingerprint density at radius 2 is 1.62 bits per heavy atom. The third-order valence-corrected chi connectivity index (χ3v) is 6.02. The second-order valence-corrected chi connectivity index (χ2v) is 8.27. The van der Waals surface area contributed by atoms with Crippen LogP contribution in [0.25, 0.3) is 0 Å². The van der Waals surface area contributed by atoms with Gasteiger partial charge in [0.05, 0.1) is 30.4 Å². The number of ether oxygens (including phenoxy) is 2. The number of rotatable bonds is 7. The number of methoxy groups -OCH3 is 2. The van der Waals surface area contributed by atoms with Crippen LogP contribution in [-0.2, 0) is 14.9 Å². The minimum atomic E-state index is -4.27. The first-order valence-corrected chi connectivity index (χ1v) is 10.9. The Bertz CT molecular complexity index is 1260. The van der Waals surface area contributed by atoms with Crippen LogP contribution in [0.15, 0.2) is 71.6 Å². The first-order chi connectivity index (χ1) is 15.2. The summed E-state index contributed by atoms with van der Waals surface area (Å²) in [4.78, 5) is 23.7. The molecule has 8 nitrogen and oxygen atoms in total. The van der Waals surface area contributed by atoms with Crippen LogP contribution in [0.4, 0.5) is 5.69 Å². The minimum Gasteiger partial charge on any atom is -0.496 e. The van der Waals surface area contributed by atoms with Crippen LogP contribution < -0.4 is 14.2 Å². The Balaban J connectivity index is 1.74. The van der Waals surface area contributed by atoms with Crippen LogP contribution in [0.1, 0.15) is 20.7 Å². The largest absolute Gasteiger partial charge is 0.496 e. The lowest BCUT2D eigenvalue weighted by molar-refractivity contribution is 0.0600. The molecule has 3 aromatic rings. The van der Waals surface area contributed by atoms with Gasteiger partial charge in [-0.25, -0.2) is 4.79 Å². The number of carbonyl (C=O) groups is 2. The van der Waals surface area contributed by atoms with E-state index in [0.717, 1.165) is 6.07 Å². The summed E-state index contributed by atoms with van der Waals surface area (Å²) in [6.07, 6.45) is 0. The summed E-state index contributed by atoms with van der Waals surface area (Å²) < 4.78 is 40.0. The molecule has 0 saturated heterocycles. The summed E-state index contributed by atoms with van der Waals surface area (Å²) in [6, 6.07) is 16.1. The molecule has 0 aliphatic carbocycles. The van der Waals surface area contributed by atoms with Gasteiger partial charge in [0.1, 0.15) is 16.4 Å². The highest BCUT2D eigenvalue weighted by Crippen LogP contribution is 2.27. The molecular weight excluding hydrogens is 458 g/mol. The van der Waals surface area contributed by atoms with Crippen LogP contribution >= 0.6 is 11.6 Å². The molecule has 1 N–H and O–H groups in total. The number of benzene rings is 3. The highest BCUT2D eigenvalue weighted by atomic mass is 35.5. The van der Waals surface area contributed by atoms with Gasteiger partial charge in [0, 0.05) is 5.69 Å². The van der Waals surface area contributed by atoms with E-state index in [4.69, 9.17) is 20.5 Å². The van der Waals surface area contributed by atoms with E-state index in [1.807, 2.05) is 0 Å². The number of nitrogens with one attached hydrogen (secondary N) is 1. The van der Waals surface area contributed by atoms with E-state index in [0.29, 0.717) is 17.0 Å². The molecule has 3 rings (SSSR count). The molecule has 166 valence electrons. The van der Waals surface area contributed by atoms with E-state index in [9.17, 15) is 18.0 Å². The van der Waals surface area contributed by atoms with Gasteiger partial charge in [-0.15, -0.1) is 0 Å². The van der Waals surface area contributed by atoms with E-state index < -0.39 is 16.1 Å². The van der Waals surface area contributed by atoms with Crippen LogP contribution in [0, 0.1) is 0 Å². The van der Waals surface area contributed by atoms with Gasteiger partial charge in [-0.3, -0.25) is 4.79 Å². The Morgan fingerprint density at radius 1 is 0.938 bits per heavy atom. The topological polar surface area (TPSA) is 108 Å². The zero-order valence-electron chi connectivity index (χ0n) is 17.0. The quantitative estimate of drug-likeness (QED) is 0.404. The van der Waals surface area contributed by atoms with Gasteiger partial charge in [-0.05, 0) is 54.6 Å². The van der Waals surface area contributed by atoms with Gasteiger partial charge in [-0.2, -0.15) is 8.42 Å². The summed E-state index contributed by atoms with van der Waals surface area (Å²) in [5.41, 5.74) is 0.876. The molecule has 3 aromatic carbocycles. The maximum atomic E-state index is 12.6. The maximum Gasteiger partial charge on any atom is 0.340 e. The number of esters is 1. The van der Waals surface area contributed by atoms with Gasteiger partial charge in [-0.1, -0.05) is 23.7 Å². The first kappa shape index (κ1) is 23.1. The number of para-hydroxylation sites is 1. The molecule has 0 spiro atoms. The molecule has 0 radical (unpaired) electrons. The fourth-order valence-electron chi connectivity index (χ4n) is 2.74. The van der Waals surface area contributed by atoms with E-state index in [2.05, 4.69) is 10.1 Å². The lowest BCUT2D eigenvalue weighted by Gasteiger charge is -2.11. The molecule has 0 aliphatic heterocycles. The van der Waals surface area contributed by atoms with Gasteiger partial charge in [0.2, 0.25) is 0 Å². The fourth-order valence-corrected chi connectivity index (χ4v) is 4.20. The van der Waals surface area contributed by atoms with E-state index in [1.54, 1.807) is 24.3 Å². The molecule has 0 unspecified atom stereocenters. The third-order valence-electron chi connectivity index (χ3n) is 4.29. The van der Waals surface area contributed by atoms with Gasteiger partial charge in [0.25, 0.3) is 5.91 Å². The van der Waals surface area contributed by atoms with Crippen molar-refractivity contribution in [1.29, 1.82) is 0 Å². The van der Waals surface area contributed by atoms with E-state index in [1.165, 1.54) is 50.6 Å². The van der Waals surface area contributed by atoms with Crippen molar-refractivity contribution in [2.45, 2.75) is 4.90 Å². The summed E-state index contributed by atoms with van der Waals surface area (Å²) >= 11 is 6.02. The lowest BCUT2D eigenvalue weighted by atomic mass is 10.2. The van der Waals surface area contributed by atoms with Crippen molar-refractivity contribution >= 4 is 39.3 Å². The zero-order chi connectivity index (χ0) is 23.3. The monoisotopic (exact) mass is 475 g/mol. The van der Waals surface area contributed by atoms with Crippen LogP contribution in [0.2, 0.25) is 5.02 Å². The van der Waals surface area contributed by atoms with E-state index >= 15 is 0 Å². The zero-order valence-corrected chi connectivity index (χ0v) is 18.6. The maximum absolute atomic E-state index is 12.6. The Hall–Kier alpha value is -3.56. The number of carbonyl (C=O) groups excluding carboxylic acids is 2. The molecule has 0 saturated carbocycles. The summed E-state index contributed by atoms with van der Waals surface area (Å²) in [6.45, 7) is 0. The summed E-state index contributed by atoms with van der Waals surface area (Å²) in [7, 11) is -1.60. The van der Waals surface area contributed by atoms with E-state index in [-0.39, 0.29) is 27.1 Å². The molecule has 0 atom stereocenters. The molecule has 0 heterocycles. The predicted octanol–water partition coefficient (Wildman–Crippen LogP) is 4.16. The summed E-state index contributed by atoms with van der Waals surface area (Å²) in [5, 5.41) is 2.51. The minimum absolute atomic E-state index is 0.00778. The average Bonchev–Trinajstić information content (AvgIpc) is 2.79. The van der Waals surface area contributed by atoms with Gasteiger partial charge < -0.3 is 19.0 Å².